The molecule has 2 fully saturated rings. The number of carbonyl (C=O) groups is 1. The highest BCUT2D eigenvalue weighted by Crippen LogP contribution is 2.47. The monoisotopic (exact) mass is 795 g/mol. The summed E-state index contributed by atoms with van der Waals surface area (Å²) in [6.45, 7) is 11.6. The van der Waals surface area contributed by atoms with Crippen molar-refractivity contribution in [2.75, 3.05) is 13.7 Å². The largest absolute Gasteiger partial charge is 0.459 e. The summed E-state index contributed by atoms with van der Waals surface area (Å²) in [5.41, 5.74) is 0. The predicted octanol–water partition coefficient (Wildman–Crippen LogP) is 6.16. The summed E-state index contributed by atoms with van der Waals surface area (Å²) in [4.78, 5) is 13.6. The number of aliphatic hydroxyl groups is 6. The van der Waals surface area contributed by atoms with E-state index in [2.05, 4.69) is 26.0 Å². The van der Waals surface area contributed by atoms with Crippen molar-refractivity contribution in [3.8, 4) is 0 Å². The van der Waals surface area contributed by atoms with Crippen LogP contribution in [-0.2, 0) is 23.7 Å². The average Bonchev–Trinajstić information content (AvgIpc) is 3.18. The van der Waals surface area contributed by atoms with E-state index >= 15 is 0 Å². The number of hydrogen-bond acceptors (Lipinski definition) is 11. The Morgan fingerprint density at radius 2 is 1.61 bits per heavy atom. The first-order valence-corrected chi connectivity index (χ1v) is 21.8. The summed E-state index contributed by atoms with van der Waals surface area (Å²) in [6, 6.07) is 0. The van der Waals surface area contributed by atoms with Gasteiger partial charge in [0.2, 0.25) is 0 Å². The van der Waals surface area contributed by atoms with Crippen LogP contribution >= 0.6 is 0 Å². The zero-order chi connectivity index (χ0) is 41.4. The third-order valence-corrected chi connectivity index (χ3v) is 13.1. The Morgan fingerprint density at radius 1 is 0.893 bits per heavy atom. The van der Waals surface area contributed by atoms with Crippen LogP contribution in [0.15, 0.2) is 36.5 Å². The van der Waals surface area contributed by atoms with Gasteiger partial charge in [0.05, 0.1) is 48.8 Å². The lowest BCUT2D eigenvalue weighted by molar-refractivity contribution is -0.349. The summed E-state index contributed by atoms with van der Waals surface area (Å²) in [5.74, 6) is -2.65. The molecular weight excluding hydrogens is 716 g/mol. The zero-order valence-corrected chi connectivity index (χ0v) is 35.5. The average molecular weight is 795 g/mol. The number of aliphatic hydroxyl groups excluding tert-OH is 6. The van der Waals surface area contributed by atoms with Crippen LogP contribution in [0.3, 0.4) is 0 Å². The van der Waals surface area contributed by atoms with Crippen LogP contribution < -0.4 is 0 Å². The van der Waals surface area contributed by atoms with Crippen LogP contribution in [0.4, 0.5) is 0 Å². The van der Waals surface area contributed by atoms with Crippen molar-refractivity contribution in [3.05, 3.63) is 36.5 Å². The Kier molecular flexibility index (Phi) is 21.2. The number of carbonyl (C=O) groups excluding carboxylic acids is 1. The van der Waals surface area contributed by atoms with Crippen LogP contribution in [0.25, 0.3) is 0 Å². The van der Waals surface area contributed by atoms with Crippen molar-refractivity contribution >= 4 is 5.97 Å². The van der Waals surface area contributed by atoms with Gasteiger partial charge in [0, 0.05) is 56.3 Å². The number of rotatable bonds is 8. The van der Waals surface area contributed by atoms with E-state index in [9.17, 15) is 35.4 Å². The van der Waals surface area contributed by atoms with Crippen molar-refractivity contribution < 1.29 is 54.4 Å². The Balaban J connectivity index is 1.95. The maximum atomic E-state index is 13.6. The van der Waals surface area contributed by atoms with Gasteiger partial charge in [-0.15, -0.1) is 0 Å². The summed E-state index contributed by atoms with van der Waals surface area (Å²) >= 11 is 0. The maximum Gasteiger partial charge on any atom is 0.330 e. The molecule has 3 aliphatic heterocycles. The van der Waals surface area contributed by atoms with Gasteiger partial charge in [-0.05, 0) is 88.9 Å². The number of fused-ring (bicyclic) bond motifs is 2. The van der Waals surface area contributed by atoms with Crippen molar-refractivity contribution in [2.24, 2.45) is 35.5 Å². The number of hydrogen-bond donors (Lipinski definition) is 6. The first-order chi connectivity index (χ1) is 26.7. The smallest absolute Gasteiger partial charge is 0.330 e. The fourth-order valence-corrected chi connectivity index (χ4v) is 8.74. The molecule has 11 nitrogen and oxygen atoms in total. The second kappa shape index (κ2) is 24.4. The highest BCUT2D eigenvalue weighted by Gasteiger charge is 2.52. The normalized spacial score (nSPS) is 42.7. The maximum absolute atomic E-state index is 13.6. The molecule has 0 aliphatic carbocycles. The van der Waals surface area contributed by atoms with Gasteiger partial charge in [-0.1, -0.05) is 71.9 Å². The van der Waals surface area contributed by atoms with Gasteiger partial charge in [0.1, 0.15) is 6.10 Å². The molecule has 1 spiro atoms. The van der Waals surface area contributed by atoms with E-state index in [4.69, 9.17) is 18.9 Å². The SMILES string of the molecule is CC[C@@H](O)C[C@@H]1O[C@@]2(CC[C@@H]1C)C[C@@H]1OC(=O)/C=C\[C@H](C)[C@@H](O)[C@@H](C)[C@H](O)C[C@H](OC)C[C@H](O)[C@H](C)[C@H](O)CC/C=C\C=C/[C@H](CC)CC[C@H](O2)[C@H]1CCCO. The summed E-state index contributed by atoms with van der Waals surface area (Å²) in [7, 11) is 1.52. The minimum Gasteiger partial charge on any atom is -0.459 e. The van der Waals surface area contributed by atoms with Gasteiger partial charge in [-0.25, -0.2) is 4.79 Å². The van der Waals surface area contributed by atoms with Gasteiger partial charge in [-0.3, -0.25) is 0 Å². The molecule has 0 amide bonds. The molecule has 0 aromatic carbocycles. The first kappa shape index (κ1) is 48.7. The van der Waals surface area contributed by atoms with Crippen molar-refractivity contribution in [3.63, 3.8) is 0 Å². The summed E-state index contributed by atoms with van der Waals surface area (Å²) in [6.07, 6.45) is 13.9. The topological polar surface area (TPSA) is 175 Å². The van der Waals surface area contributed by atoms with Crippen LogP contribution in [0.5, 0.6) is 0 Å². The van der Waals surface area contributed by atoms with Crippen molar-refractivity contribution in [1.29, 1.82) is 0 Å². The molecule has 6 N–H and O–H groups in total. The minimum absolute atomic E-state index is 0.00761. The molecule has 0 saturated carbocycles. The third-order valence-electron chi connectivity index (χ3n) is 13.1. The summed E-state index contributed by atoms with van der Waals surface area (Å²) < 4.78 is 25.7. The molecule has 0 aromatic rings. The van der Waals surface area contributed by atoms with Gasteiger partial charge in [-0.2, -0.15) is 0 Å². The number of methoxy groups -OCH3 is 1. The predicted molar refractivity (Wildman–Crippen MR) is 217 cm³/mol. The molecule has 11 heteroatoms. The number of allylic oxidation sites excluding steroid dienone is 4. The fraction of sp³-hybridized carbons (Fsp3) is 0.844. The lowest BCUT2D eigenvalue weighted by atomic mass is 9.78. The van der Waals surface area contributed by atoms with E-state index < -0.39 is 72.2 Å². The lowest BCUT2D eigenvalue weighted by Gasteiger charge is -2.52. The van der Waals surface area contributed by atoms with E-state index in [0.29, 0.717) is 57.8 Å². The molecule has 16 atom stereocenters. The lowest BCUT2D eigenvalue weighted by Crippen LogP contribution is -2.58. The number of esters is 1. The summed E-state index contributed by atoms with van der Waals surface area (Å²) in [5, 5.41) is 64.7. The molecule has 3 rings (SSSR count). The molecular formula is C45H78O11. The fourth-order valence-electron chi connectivity index (χ4n) is 8.74. The molecule has 324 valence electrons. The molecule has 2 saturated heterocycles. The Bertz CT molecular complexity index is 1210. The van der Waals surface area contributed by atoms with E-state index in [-0.39, 0.29) is 49.4 Å². The van der Waals surface area contributed by atoms with Crippen LogP contribution in [0.2, 0.25) is 0 Å². The highest BCUT2D eigenvalue weighted by atomic mass is 16.7. The van der Waals surface area contributed by atoms with E-state index in [1.807, 2.05) is 26.0 Å². The molecule has 3 aliphatic rings. The molecule has 3 heterocycles. The van der Waals surface area contributed by atoms with Gasteiger partial charge in [0.25, 0.3) is 0 Å². The molecule has 0 unspecified atom stereocenters. The molecule has 0 radical (unpaired) electrons. The van der Waals surface area contributed by atoms with Gasteiger partial charge >= 0.3 is 5.97 Å². The highest BCUT2D eigenvalue weighted by molar-refractivity contribution is 5.82. The van der Waals surface area contributed by atoms with Crippen LogP contribution in [0.1, 0.15) is 131 Å². The Morgan fingerprint density at radius 3 is 2.27 bits per heavy atom. The number of ether oxygens (including phenoxy) is 4. The second-order valence-corrected chi connectivity index (χ2v) is 17.3. The van der Waals surface area contributed by atoms with Gasteiger partial charge < -0.3 is 49.6 Å². The molecule has 0 aromatic heterocycles. The Hall–Kier alpha value is -1.67. The second-order valence-electron chi connectivity index (χ2n) is 17.3. The Labute approximate surface area is 337 Å². The first-order valence-electron chi connectivity index (χ1n) is 21.8. The molecule has 2 bridgehead atoms. The minimum atomic E-state index is -0.981. The van der Waals surface area contributed by atoms with Crippen molar-refractivity contribution in [2.45, 2.75) is 192 Å². The van der Waals surface area contributed by atoms with Gasteiger partial charge in [0.15, 0.2) is 5.79 Å². The molecule has 56 heavy (non-hydrogen) atoms. The van der Waals surface area contributed by atoms with Crippen LogP contribution in [0, 0.1) is 35.5 Å². The zero-order valence-electron chi connectivity index (χ0n) is 35.5. The third kappa shape index (κ3) is 14.9. The van der Waals surface area contributed by atoms with Crippen LogP contribution in [-0.4, -0.2) is 111 Å². The standard InChI is InChI=1S/C45H78O11/c1-8-33-15-12-10-11-13-17-37(48)31(5)38(49)26-35(53-7)27-39(50)32(6)44(52)30(4)18-21-43(51)54-42-28-45(55-40(20-19-33)36(42)16-14-24-46)23-22-29(3)41(56-45)25-34(47)9-2/h10-12,15,18,21,29-42,44,46-50,52H,8-9,13-14,16-17,19-20,22-28H2,1-7H3/b11-10-,15-12-,21-18-/t29-,30-,31+,32-,33-,34+,35+,36+,37+,38-,39+,40-,41-,42-,44+,45-/m0/s1. The van der Waals surface area contributed by atoms with Crippen molar-refractivity contribution in [1.82, 2.24) is 0 Å². The van der Waals surface area contributed by atoms with E-state index in [0.717, 1.165) is 19.3 Å². The quantitative estimate of drug-likeness (QED) is 0.155. The van der Waals surface area contributed by atoms with E-state index in [1.165, 1.54) is 13.2 Å². The van der Waals surface area contributed by atoms with E-state index in [1.54, 1.807) is 19.9 Å².